The average Bonchev–Trinajstić information content (AvgIpc) is 2.42. The van der Waals surface area contributed by atoms with Crippen LogP contribution in [0.3, 0.4) is 0 Å². The van der Waals surface area contributed by atoms with Crippen molar-refractivity contribution in [1.82, 2.24) is 4.98 Å². The molecule has 2 nitrogen and oxygen atoms in total. The number of hydrogen-bond donors (Lipinski definition) is 0. The molecule has 0 unspecified atom stereocenters. The largest absolute Gasteiger partial charge is 0.487 e. The number of alkyl halides is 1. The summed E-state index contributed by atoms with van der Waals surface area (Å²) in [5, 5.41) is 0. The molecule has 100 valence electrons. The Hall–Kier alpha value is -1.68. The summed E-state index contributed by atoms with van der Waals surface area (Å²) in [7, 11) is 0. The van der Waals surface area contributed by atoms with Crippen molar-refractivity contribution in [2.45, 2.75) is 12.3 Å². The molecule has 0 fully saturated rings. The topological polar surface area (TPSA) is 22.1 Å². The Morgan fingerprint density at radius 2 is 1.89 bits per heavy atom. The highest BCUT2D eigenvalue weighted by atomic mass is 35.5. The van der Waals surface area contributed by atoms with Crippen LogP contribution in [-0.4, -0.2) is 11.6 Å². The van der Waals surface area contributed by atoms with Crippen molar-refractivity contribution in [3.63, 3.8) is 0 Å². The van der Waals surface area contributed by atoms with Gasteiger partial charge >= 0.3 is 0 Å². The Morgan fingerprint density at radius 1 is 1.16 bits per heavy atom. The predicted octanol–water partition coefficient (Wildman–Crippen LogP) is 3.72. The normalized spacial score (nSPS) is 10.5. The smallest absolute Gasteiger partial charge is 0.190 e. The van der Waals surface area contributed by atoms with Crippen LogP contribution in [-0.2, 0) is 12.3 Å². The third-order valence-corrected chi connectivity index (χ3v) is 2.88. The summed E-state index contributed by atoms with van der Waals surface area (Å²) in [6.45, 7) is 0.180. The van der Waals surface area contributed by atoms with E-state index in [9.17, 15) is 8.78 Å². The quantitative estimate of drug-likeness (QED) is 0.780. The standard InChI is InChI=1S/C14H12ClF2NO/c15-8-11-6-12(16)14(13(17)7-11)19-5-3-10-2-1-4-18-9-10/h1-2,4,6-7,9H,3,5,8H2. The van der Waals surface area contributed by atoms with Gasteiger partial charge in [0, 0.05) is 24.7 Å². The van der Waals surface area contributed by atoms with Gasteiger partial charge in [0.05, 0.1) is 6.61 Å². The van der Waals surface area contributed by atoms with Crippen molar-refractivity contribution in [3.8, 4) is 5.75 Å². The third-order valence-electron chi connectivity index (χ3n) is 2.57. The van der Waals surface area contributed by atoms with E-state index in [4.69, 9.17) is 16.3 Å². The molecule has 19 heavy (non-hydrogen) atoms. The van der Waals surface area contributed by atoms with E-state index in [1.54, 1.807) is 18.5 Å². The van der Waals surface area contributed by atoms with Gasteiger partial charge in [-0.15, -0.1) is 11.6 Å². The molecule has 0 aliphatic heterocycles. The SMILES string of the molecule is Fc1cc(CCl)cc(F)c1OCCc1cccnc1. The first-order valence-corrected chi connectivity index (χ1v) is 6.29. The fourth-order valence-corrected chi connectivity index (χ4v) is 1.80. The molecule has 0 N–H and O–H groups in total. The molecule has 0 spiro atoms. The highest BCUT2D eigenvalue weighted by Crippen LogP contribution is 2.24. The number of rotatable bonds is 5. The number of ether oxygens (including phenoxy) is 1. The van der Waals surface area contributed by atoms with Crippen LogP contribution in [0.2, 0.25) is 0 Å². The predicted molar refractivity (Wildman–Crippen MR) is 69.4 cm³/mol. The Kier molecular flexibility index (Phi) is 4.68. The number of nitrogens with zero attached hydrogens (tertiary/aromatic N) is 1. The van der Waals surface area contributed by atoms with Crippen molar-refractivity contribution in [2.75, 3.05) is 6.61 Å². The van der Waals surface area contributed by atoms with Crippen LogP contribution in [0.4, 0.5) is 8.78 Å². The molecule has 0 saturated heterocycles. The summed E-state index contributed by atoms with van der Waals surface area (Å²) in [5.74, 6) is -1.77. The van der Waals surface area contributed by atoms with Gasteiger partial charge in [-0.3, -0.25) is 4.98 Å². The molecule has 1 heterocycles. The fourth-order valence-electron chi connectivity index (χ4n) is 1.64. The van der Waals surface area contributed by atoms with Crippen LogP contribution in [0.1, 0.15) is 11.1 Å². The number of aromatic nitrogens is 1. The number of pyridine rings is 1. The molecule has 2 aromatic rings. The van der Waals surface area contributed by atoms with E-state index in [0.29, 0.717) is 12.0 Å². The van der Waals surface area contributed by atoms with Crippen molar-refractivity contribution in [3.05, 3.63) is 59.4 Å². The summed E-state index contributed by atoms with van der Waals surface area (Å²) in [6.07, 6.45) is 3.88. The van der Waals surface area contributed by atoms with Gasteiger partial charge in [-0.2, -0.15) is 0 Å². The summed E-state index contributed by atoms with van der Waals surface area (Å²) in [5.41, 5.74) is 1.33. The van der Waals surface area contributed by atoms with Crippen molar-refractivity contribution >= 4 is 11.6 Å². The lowest BCUT2D eigenvalue weighted by Crippen LogP contribution is -2.05. The summed E-state index contributed by atoms with van der Waals surface area (Å²) >= 11 is 5.53. The van der Waals surface area contributed by atoms with Crippen LogP contribution < -0.4 is 4.74 Å². The van der Waals surface area contributed by atoms with Crippen molar-refractivity contribution in [1.29, 1.82) is 0 Å². The van der Waals surface area contributed by atoms with Gasteiger partial charge in [0.25, 0.3) is 0 Å². The van der Waals surface area contributed by atoms with Crippen LogP contribution >= 0.6 is 11.6 Å². The second kappa shape index (κ2) is 6.48. The van der Waals surface area contributed by atoms with Gasteiger partial charge in [0.1, 0.15) is 0 Å². The lowest BCUT2D eigenvalue weighted by molar-refractivity contribution is 0.288. The molecule has 0 saturated carbocycles. The van der Waals surface area contributed by atoms with E-state index in [1.165, 1.54) is 12.1 Å². The van der Waals surface area contributed by atoms with Gasteiger partial charge < -0.3 is 4.74 Å². The first kappa shape index (κ1) is 13.7. The zero-order valence-electron chi connectivity index (χ0n) is 10.1. The first-order valence-electron chi connectivity index (χ1n) is 5.76. The average molecular weight is 284 g/mol. The zero-order valence-corrected chi connectivity index (χ0v) is 10.8. The molecule has 0 aliphatic rings. The Morgan fingerprint density at radius 3 is 2.47 bits per heavy atom. The van der Waals surface area contributed by atoms with Gasteiger partial charge in [-0.25, -0.2) is 8.78 Å². The summed E-state index contributed by atoms with van der Waals surface area (Å²) in [6, 6.07) is 6.02. The molecule has 5 heteroatoms. The fraction of sp³-hybridized carbons (Fsp3) is 0.214. The molecular weight excluding hydrogens is 272 g/mol. The molecule has 0 aliphatic carbocycles. The van der Waals surface area contributed by atoms with E-state index in [0.717, 1.165) is 5.56 Å². The maximum atomic E-state index is 13.6. The molecular formula is C14H12ClF2NO. The molecule has 0 radical (unpaired) electrons. The number of halogens is 3. The van der Waals surface area contributed by atoms with Gasteiger partial charge in [-0.05, 0) is 29.3 Å². The Bertz CT molecular complexity index is 525. The Labute approximate surface area is 115 Å². The highest BCUT2D eigenvalue weighted by molar-refractivity contribution is 6.17. The monoisotopic (exact) mass is 283 g/mol. The minimum absolute atomic E-state index is 0.0593. The number of benzene rings is 1. The van der Waals surface area contributed by atoms with E-state index in [1.807, 2.05) is 6.07 Å². The molecule has 0 amide bonds. The van der Waals surface area contributed by atoms with Crippen LogP contribution in [0.15, 0.2) is 36.7 Å². The first-order chi connectivity index (χ1) is 9.20. The Balaban J connectivity index is 2.00. The van der Waals surface area contributed by atoms with Crippen LogP contribution in [0, 0.1) is 11.6 Å². The number of hydrogen-bond acceptors (Lipinski definition) is 2. The summed E-state index contributed by atoms with van der Waals surface area (Å²) < 4.78 is 32.3. The maximum absolute atomic E-state index is 13.6. The minimum Gasteiger partial charge on any atom is -0.487 e. The van der Waals surface area contributed by atoms with E-state index < -0.39 is 11.6 Å². The van der Waals surface area contributed by atoms with E-state index >= 15 is 0 Å². The molecule has 0 atom stereocenters. The van der Waals surface area contributed by atoms with Crippen LogP contribution in [0.5, 0.6) is 5.75 Å². The zero-order chi connectivity index (χ0) is 13.7. The molecule has 1 aromatic carbocycles. The lowest BCUT2D eigenvalue weighted by atomic mass is 10.2. The van der Waals surface area contributed by atoms with Gasteiger partial charge in [0.2, 0.25) is 0 Å². The van der Waals surface area contributed by atoms with Gasteiger partial charge in [-0.1, -0.05) is 6.07 Å². The molecule has 1 aromatic heterocycles. The lowest BCUT2D eigenvalue weighted by Gasteiger charge is -2.09. The maximum Gasteiger partial charge on any atom is 0.190 e. The molecule has 0 bridgehead atoms. The molecule has 2 rings (SSSR count). The van der Waals surface area contributed by atoms with Crippen LogP contribution in [0.25, 0.3) is 0 Å². The second-order valence-electron chi connectivity index (χ2n) is 3.98. The highest BCUT2D eigenvalue weighted by Gasteiger charge is 2.12. The van der Waals surface area contributed by atoms with Crippen molar-refractivity contribution in [2.24, 2.45) is 0 Å². The van der Waals surface area contributed by atoms with E-state index in [-0.39, 0.29) is 18.2 Å². The summed E-state index contributed by atoms with van der Waals surface area (Å²) in [4.78, 5) is 3.95. The van der Waals surface area contributed by atoms with Crippen molar-refractivity contribution < 1.29 is 13.5 Å². The van der Waals surface area contributed by atoms with Gasteiger partial charge in [0.15, 0.2) is 17.4 Å². The second-order valence-corrected chi connectivity index (χ2v) is 4.25. The minimum atomic E-state index is -0.734. The third kappa shape index (κ3) is 3.64. The van der Waals surface area contributed by atoms with E-state index in [2.05, 4.69) is 4.98 Å².